The van der Waals surface area contributed by atoms with Crippen LogP contribution < -0.4 is 15.5 Å². The number of anilines is 2. The number of piperazine rings is 1. The summed E-state index contributed by atoms with van der Waals surface area (Å²) in [4.78, 5) is 22.0. The van der Waals surface area contributed by atoms with E-state index in [0.29, 0.717) is 37.3 Å². The lowest BCUT2D eigenvalue weighted by atomic mass is 9.99. The van der Waals surface area contributed by atoms with Gasteiger partial charge in [0.2, 0.25) is 0 Å². The maximum atomic E-state index is 13.5. The number of pyridine rings is 2. The maximum absolute atomic E-state index is 13.5. The fraction of sp³-hybridized carbons (Fsp3) is 0.389. The topological polar surface area (TPSA) is 79.4 Å². The van der Waals surface area contributed by atoms with Crippen LogP contribution in [-0.4, -0.2) is 42.2 Å². The van der Waals surface area contributed by atoms with Crippen molar-refractivity contribution in [2.75, 3.05) is 36.4 Å². The number of alkyl halides is 3. The van der Waals surface area contributed by atoms with Gasteiger partial charge in [-0.2, -0.15) is 13.2 Å². The summed E-state index contributed by atoms with van der Waals surface area (Å²) in [5.74, 6) is 0.537. The fourth-order valence-corrected chi connectivity index (χ4v) is 3.43. The Balaban J connectivity index is 1.86. The molecule has 148 valence electrons. The number of nitrogens with one attached hydrogen (secondary N) is 2. The molecule has 0 spiro atoms. The first-order valence-electron chi connectivity index (χ1n) is 8.85. The Bertz CT molecular complexity index is 913. The molecule has 0 saturated carbocycles. The van der Waals surface area contributed by atoms with E-state index in [1.165, 1.54) is 6.20 Å². The molecule has 7 nitrogen and oxygen atoms in total. The Hall–Kier alpha value is -2.88. The van der Waals surface area contributed by atoms with E-state index in [-0.39, 0.29) is 17.3 Å². The number of carbonyl (C=O) groups is 1. The molecule has 2 aliphatic rings. The van der Waals surface area contributed by atoms with Gasteiger partial charge in [0, 0.05) is 43.5 Å². The summed E-state index contributed by atoms with van der Waals surface area (Å²) in [6.07, 6.45) is -4.39. The summed E-state index contributed by atoms with van der Waals surface area (Å²) in [6, 6.07) is 3.68. The second-order valence-corrected chi connectivity index (χ2v) is 6.63. The van der Waals surface area contributed by atoms with Crippen LogP contribution in [0.2, 0.25) is 0 Å². The molecular formula is C18H18F3N5O2. The second kappa shape index (κ2) is 6.93. The molecule has 0 bridgehead atoms. The molecule has 0 aliphatic carbocycles. The highest BCUT2D eigenvalue weighted by molar-refractivity contribution is 5.89. The van der Waals surface area contributed by atoms with Gasteiger partial charge in [-0.05, 0) is 25.1 Å². The summed E-state index contributed by atoms with van der Waals surface area (Å²) >= 11 is 0. The van der Waals surface area contributed by atoms with Gasteiger partial charge in [0.25, 0.3) is 0 Å². The average molecular weight is 393 g/mol. The summed E-state index contributed by atoms with van der Waals surface area (Å²) in [7, 11) is 0. The smallest absolute Gasteiger partial charge is 0.416 e. The van der Waals surface area contributed by atoms with Gasteiger partial charge in [-0.1, -0.05) is 0 Å². The number of nitrogens with zero attached hydrogens (tertiary/aromatic N) is 3. The molecule has 1 atom stereocenters. The minimum absolute atomic E-state index is 0.161. The molecule has 2 aromatic rings. The zero-order chi connectivity index (χ0) is 19.9. The van der Waals surface area contributed by atoms with Gasteiger partial charge in [-0.25, -0.2) is 14.8 Å². The van der Waals surface area contributed by atoms with Gasteiger partial charge in [0.1, 0.15) is 17.7 Å². The Morgan fingerprint density at radius 1 is 1.25 bits per heavy atom. The van der Waals surface area contributed by atoms with Crippen LogP contribution in [0.15, 0.2) is 24.4 Å². The van der Waals surface area contributed by atoms with Crippen molar-refractivity contribution in [3.05, 3.63) is 35.5 Å². The number of amides is 1. The average Bonchev–Trinajstić information content (AvgIpc) is 2.67. The van der Waals surface area contributed by atoms with Gasteiger partial charge in [0.05, 0.1) is 11.3 Å². The number of fused-ring (bicyclic) bond motifs is 1. The van der Waals surface area contributed by atoms with Crippen molar-refractivity contribution in [2.45, 2.75) is 19.2 Å². The molecule has 0 radical (unpaired) electrons. The van der Waals surface area contributed by atoms with E-state index in [0.717, 1.165) is 12.1 Å². The van der Waals surface area contributed by atoms with Crippen molar-refractivity contribution in [2.24, 2.45) is 0 Å². The molecule has 10 heteroatoms. The molecule has 4 heterocycles. The molecule has 2 aliphatic heterocycles. The van der Waals surface area contributed by atoms with Gasteiger partial charge in [-0.3, -0.25) is 5.32 Å². The SMILES string of the molecule is C[C@H]1OC(=O)Nc2nccc(-c3cc(C(F)(F)F)cc(N4CCNCC4)n3)c21. The van der Waals surface area contributed by atoms with E-state index in [1.54, 1.807) is 13.0 Å². The first kappa shape index (κ1) is 18.5. The lowest BCUT2D eigenvalue weighted by molar-refractivity contribution is -0.137. The van der Waals surface area contributed by atoms with Gasteiger partial charge >= 0.3 is 12.3 Å². The van der Waals surface area contributed by atoms with E-state index in [2.05, 4.69) is 20.6 Å². The van der Waals surface area contributed by atoms with Crippen LogP contribution in [0, 0.1) is 0 Å². The van der Waals surface area contributed by atoms with Crippen LogP contribution in [-0.2, 0) is 10.9 Å². The molecule has 4 rings (SSSR count). The number of ether oxygens (including phenoxy) is 1. The number of cyclic esters (lactones) is 1. The van der Waals surface area contributed by atoms with Gasteiger partial charge in [-0.15, -0.1) is 0 Å². The molecular weight excluding hydrogens is 375 g/mol. The number of hydrogen-bond donors (Lipinski definition) is 2. The number of hydrogen-bond acceptors (Lipinski definition) is 6. The Morgan fingerprint density at radius 3 is 2.71 bits per heavy atom. The van der Waals surface area contributed by atoms with Crippen molar-refractivity contribution in [3.8, 4) is 11.3 Å². The predicted molar refractivity (Wildman–Crippen MR) is 96.1 cm³/mol. The quantitative estimate of drug-likeness (QED) is 0.816. The lowest BCUT2D eigenvalue weighted by Crippen LogP contribution is -2.44. The zero-order valence-electron chi connectivity index (χ0n) is 15.0. The second-order valence-electron chi connectivity index (χ2n) is 6.63. The van der Waals surface area contributed by atoms with Gasteiger partial charge < -0.3 is 15.0 Å². The normalized spacial score (nSPS) is 19.6. The summed E-state index contributed by atoms with van der Waals surface area (Å²) in [5.41, 5.74) is 0.332. The standard InChI is InChI=1S/C18H18F3N5O2/c1-10-15-12(2-3-23-16(15)25-17(27)28-10)13-8-11(18(19,20)21)9-14(24-13)26-6-4-22-5-7-26/h2-3,8-10,22H,4-7H2,1H3,(H,23,25,27)/t10-/m1/s1. The molecule has 1 amide bonds. The van der Waals surface area contributed by atoms with Crippen molar-refractivity contribution >= 4 is 17.7 Å². The molecule has 28 heavy (non-hydrogen) atoms. The Kier molecular flexibility index (Phi) is 4.58. The van der Waals surface area contributed by atoms with Crippen LogP contribution in [0.5, 0.6) is 0 Å². The largest absolute Gasteiger partial charge is 0.441 e. The highest BCUT2D eigenvalue weighted by atomic mass is 19.4. The van der Waals surface area contributed by atoms with Crippen molar-refractivity contribution in [1.82, 2.24) is 15.3 Å². The molecule has 1 saturated heterocycles. The van der Waals surface area contributed by atoms with Crippen LogP contribution in [0.25, 0.3) is 11.3 Å². The summed E-state index contributed by atoms with van der Waals surface area (Å²) in [5, 5.41) is 5.65. The molecule has 1 fully saturated rings. The molecule has 2 N–H and O–H groups in total. The Labute approximate surface area is 158 Å². The number of aromatic nitrogens is 2. The minimum atomic E-state index is -4.51. The minimum Gasteiger partial charge on any atom is -0.441 e. The molecule has 0 aromatic carbocycles. The fourth-order valence-electron chi connectivity index (χ4n) is 3.43. The van der Waals surface area contributed by atoms with Crippen molar-refractivity contribution in [1.29, 1.82) is 0 Å². The number of rotatable bonds is 2. The van der Waals surface area contributed by atoms with E-state index >= 15 is 0 Å². The lowest BCUT2D eigenvalue weighted by Gasteiger charge is -2.30. The van der Waals surface area contributed by atoms with Crippen molar-refractivity contribution in [3.63, 3.8) is 0 Å². The summed E-state index contributed by atoms with van der Waals surface area (Å²) < 4.78 is 45.8. The van der Waals surface area contributed by atoms with Crippen molar-refractivity contribution < 1.29 is 22.7 Å². The monoisotopic (exact) mass is 393 g/mol. The third-order valence-corrected chi connectivity index (χ3v) is 4.76. The van der Waals surface area contributed by atoms with Crippen LogP contribution in [0.3, 0.4) is 0 Å². The highest BCUT2D eigenvalue weighted by Gasteiger charge is 2.34. The van der Waals surface area contributed by atoms with Crippen LogP contribution >= 0.6 is 0 Å². The van der Waals surface area contributed by atoms with Crippen LogP contribution in [0.4, 0.5) is 29.6 Å². The summed E-state index contributed by atoms with van der Waals surface area (Å²) in [6.45, 7) is 4.13. The zero-order valence-corrected chi connectivity index (χ0v) is 15.0. The number of halogens is 3. The number of carbonyl (C=O) groups excluding carboxylic acids is 1. The van der Waals surface area contributed by atoms with E-state index in [1.807, 2.05) is 4.90 Å². The highest BCUT2D eigenvalue weighted by Crippen LogP contribution is 2.39. The van der Waals surface area contributed by atoms with Crippen LogP contribution in [0.1, 0.15) is 24.2 Å². The van der Waals surface area contributed by atoms with E-state index < -0.39 is 23.9 Å². The first-order chi connectivity index (χ1) is 13.3. The first-order valence-corrected chi connectivity index (χ1v) is 8.85. The Morgan fingerprint density at radius 2 is 2.00 bits per heavy atom. The maximum Gasteiger partial charge on any atom is 0.416 e. The molecule has 0 unspecified atom stereocenters. The molecule has 2 aromatic heterocycles. The van der Waals surface area contributed by atoms with E-state index in [9.17, 15) is 18.0 Å². The third-order valence-electron chi connectivity index (χ3n) is 4.76. The third kappa shape index (κ3) is 3.47. The predicted octanol–water partition coefficient (Wildman–Crippen LogP) is 3.20. The van der Waals surface area contributed by atoms with Gasteiger partial charge in [0.15, 0.2) is 0 Å². The van der Waals surface area contributed by atoms with E-state index in [4.69, 9.17) is 4.74 Å².